The molecule has 7 heteroatoms. The monoisotopic (exact) mass is 271 g/mol. The summed E-state index contributed by atoms with van der Waals surface area (Å²) in [6.45, 7) is 0.527. The molecule has 19 heavy (non-hydrogen) atoms. The standard InChI is InChI=1S/C12H15F2N3O2/c13-12(14)2-4-15-7-10(12)8-1-3-16-9(5-8)6-17-11(18)19/h1,3,5,10,15,17H,2,4,6-7H2,(H,18,19). The van der Waals surface area contributed by atoms with E-state index in [1.807, 2.05) is 0 Å². The molecular formula is C12H15F2N3O2. The Balaban J connectivity index is 2.15. The molecule has 1 atom stereocenters. The molecule has 0 spiro atoms. The van der Waals surface area contributed by atoms with E-state index in [0.717, 1.165) is 0 Å². The number of piperidine rings is 1. The number of halogens is 2. The van der Waals surface area contributed by atoms with Gasteiger partial charge in [-0.05, 0) is 17.7 Å². The highest BCUT2D eigenvalue weighted by Gasteiger charge is 2.42. The molecule has 1 aliphatic heterocycles. The number of carbonyl (C=O) groups is 1. The van der Waals surface area contributed by atoms with Crippen molar-refractivity contribution in [2.75, 3.05) is 13.1 Å². The molecule has 0 bridgehead atoms. The van der Waals surface area contributed by atoms with Gasteiger partial charge in [0.2, 0.25) is 0 Å². The zero-order valence-corrected chi connectivity index (χ0v) is 10.2. The average Bonchev–Trinajstić information content (AvgIpc) is 2.36. The molecule has 1 aliphatic rings. The maximum atomic E-state index is 13.8. The average molecular weight is 271 g/mol. The van der Waals surface area contributed by atoms with Gasteiger partial charge >= 0.3 is 6.09 Å². The van der Waals surface area contributed by atoms with Gasteiger partial charge < -0.3 is 15.7 Å². The molecule has 2 rings (SSSR count). The van der Waals surface area contributed by atoms with Crippen molar-refractivity contribution < 1.29 is 18.7 Å². The Morgan fingerprint density at radius 3 is 3.11 bits per heavy atom. The zero-order chi connectivity index (χ0) is 13.9. The van der Waals surface area contributed by atoms with Crippen molar-refractivity contribution in [1.29, 1.82) is 0 Å². The van der Waals surface area contributed by atoms with Crippen LogP contribution in [-0.2, 0) is 6.54 Å². The van der Waals surface area contributed by atoms with Gasteiger partial charge in [-0.15, -0.1) is 0 Å². The normalized spacial score (nSPS) is 21.9. The van der Waals surface area contributed by atoms with E-state index in [2.05, 4.69) is 15.6 Å². The minimum Gasteiger partial charge on any atom is -0.465 e. The first-order chi connectivity index (χ1) is 8.99. The number of carboxylic acid groups (broad SMARTS) is 1. The summed E-state index contributed by atoms with van der Waals surface area (Å²) in [5.74, 6) is -3.64. The lowest BCUT2D eigenvalue weighted by Crippen LogP contribution is -2.43. The summed E-state index contributed by atoms with van der Waals surface area (Å²) < 4.78 is 27.7. The summed E-state index contributed by atoms with van der Waals surface area (Å²) in [7, 11) is 0. The molecule has 1 unspecified atom stereocenters. The number of amides is 1. The lowest BCUT2D eigenvalue weighted by Gasteiger charge is -2.32. The van der Waals surface area contributed by atoms with E-state index in [-0.39, 0.29) is 19.5 Å². The third-order valence-electron chi connectivity index (χ3n) is 3.16. The van der Waals surface area contributed by atoms with Crippen molar-refractivity contribution in [3.8, 4) is 0 Å². The predicted octanol–water partition coefficient (Wildman–Crippen LogP) is 1.56. The predicted molar refractivity (Wildman–Crippen MR) is 64.3 cm³/mol. The van der Waals surface area contributed by atoms with Gasteiger partial charge in [-0.3, -0.25) is 4.98 Å². The Kier molecular flexibility index (Phi) is 3.94. The molecule has 1 aromatic rings. The molecule has 2 heterocycles. The SMILES string of the molecule is O=C(O)NCc1cc(C2CNCCC2(F)F)ccn1. The van der Waals surface area contributed by atoms with Gasteiger partial charge in [-0.1, -0.05) is 0 Å². The van der Waals surface area contributed by atoms with Crippen molar-refractivity contribution in [3.63, 3.8) is 0 Å². The Hall–Kier alpha value is -1.76. The lowest BCUT2D eigenvalue weighted by atomic mass is 9.88. The van der Waals surface area contributed by atoms with Crippen molar-refractivity contribution >= 4 is 6.09 Å². The van der Waals surface area contributed by atoms with E-state index in [4.69, 9.17) is 5.11 Å². The van der Waals surface area contributed by atoms with Crippen molar-refractivity contribution in [1.82, 2.24) is 15.6 Å². The van der Waals surface area contributed by atoms with E-state index < -0.39 is 17.9 Å². The Labute approximate surface area is 109 Å². The molecule has 5 nitrogen and oxygen atoms in total. The number of rotatable bonds is 3. The van der Waals surface area contributed by atoms with Crippen LogP contribution in [0.3, 0.4) is 0 Å². The quantitative estimate of drug-likeness (QED) is 0.780. The third-order valence-corrected chi connectivity index (χ3v) is 3.16. The molecule has 1 saturated heterocycles. The minimum atomic E-state index is -2.75. The molecule has 0 radical (unpaired) electrons. The van der Waals surface area contributed by atoms with E-state index in [9.17, 15) is 13.6 Å². The van der Waals surface area contributed by atoms with E-state index in [1.54, 1.807) is 6.07 Å². The molecule has 104 valence electrons. The lowest BCUT2D eigenvalue weighted by molar-refractivity contribution is -0.0479. The zero-order valence-electron chi connectivity index (χ0n) is 10.2. The number of hydrogen-bond acceptors (Lipinski definition) is 3. The fraction of sp³-hybridized carbons (Fsp3) is 0.500. The first-order valence-electron chi connectivity index (χ1n) is 5.99. The first-order valence-corrected chi connectivity index (χ1v) is 5.99. The van der Waals surface area contributed by atoms with E-state index >= 15 is 0 Å². The number of pyridine rings is 1. The van der Waals surface area contributed by atoms with Crippen LogP contribution in [-0.4, -0.2) is 35.2 Å². The minimum absolute atomic E-state index is 0.00882. The summed E-state index contributed by atoms with van der Waals surface area (Å²) in [4.78, 5) is 14.4. The summed E-state index contributed by atoms with van der Waals surface area (Å²) >= 11 is 0. The molecule has 3 N–H and O–H groups in total. The summed E-state index contributed by atoms with van der Waals surface area (Å²) in [6, 6.07) is 3.08. The van der Waals surface area contributed by atoms with Crippen LogP contribution in [0.25, 0.3) is 0 Å². The highest BCUT2D eigenvalue weighted by atomic mass is 19.3. The van der Waals surface area contributed by atoms with E-state index in [1.165, 1.54) is 12.3 Å². The second-order valence-corrected chi connectivity index (χ2v) is 4.51. The highest BCUT2D eigenvalue weighted by Crippen LogP contribution is 2.37. The number of aromatic nitrogens is 1. The first kappa shape index (κ1) is 13.7. The summed E-state index contributed by atoms with van der Waals surface area (Å²) in [5, 5.41) is 13.6. The number of nitrogens with zero attached hydrogens (tertiary/aromatic N) is 1. The van der Waals surface area contributed by atoms with Crippen LogP contribution in [0.4, 0.5) is 13.6 Å². The van der Waals surface area contributed by atoms with Crippen molar-refractivity contribution in [2.24, 2.45) is 0 Å². The fourth-order valence-electron chi connectivity index (χ4n) is 2.16. The van der Waals surface area contributed by atoms with Crippen LogP contribution < -0.4 is 10.6 Å². The van der Waals surface area contributed by atoms with Gasteiger partial charge in [0, 0.05) is 25.7 Å². The summed E-state index contributed by atoms with van der Waals surface area (Å²) in [6.07, 6.45) is 0.0681. The van der Waals surface area contributed by atoms with Gasteiger partial charge in [0.25, 0.3) is 5.92 Å². The third kappa shape index (κ3) is 3.37. The fourth-order valence-corrected chi connectivity index (χ4v) is 2.16. The van der Waals surface area contributed by atoms with Crippen molar-refractivity contribution in [2.45, 2.75) is 24.8 Å². The molecule has 1 fully saturated rings. The van der Waals surface area contributed by atoms with Gasteiger partial charge in [0.1, 0.15) is 0 Å². The van der Waals surface area contributed by atoms with Crippen molar-refractivity contribution in [3.05, 3.63) is 29.6 Å². The molecule has 0 saturated carbocycles. The second-order valence-electron chi connectivity index (χ2n) is 4.51. The molecule has 0 aliphatic carbocycles. The second kappa shape index (κ2) is 5.48. The van der Waals surface area contributed by atoms with Gasteiger partial charge in [0.05, 0.1) is 18.2 Å². The summed E-state index contributed by atoms with van der Waals surface area (Å²) in [5.41, 5.74) is 0.913. The van der Waals surface area contributed by atoms with Crippen LogP contribution >= 0.6 is 0 Å². The maximum absolute atomic E-state index is 13.8. The topological polar surface area (TPSA) is 74.2 Å². The molecule has 0 aromatic carbocycles. The van der Waals surface area contributed by atoms with Gasteiger partial charge in [-0.2, -0.15) is 0 Å². The van der Waals surface area contributed by atoms with Gasteiger partial charge in [-0.25, -0.2) is 13.6 Å². The van der Waals surface area contributed by atoms with Gasteiger partial charge in [0.15, 0.2) is 0 Å². The smallest absolute Gasteiger partial charge is 0.404 e. The number of hydrogen-bond donors (Lipinski definition) is 3. The Morgan fingerprint density at radius 2 is 2.42 bits per heavy atom. The Morgan fingerprint density at radius 1 is 1.63 bits per heavy atom. The highest BCUT2D eigenvalue weighted by molar-refractivity contribution is 5.64. The van der Waals surface area contributed by atoms with Crippen LogP contribution in [0.1, 0.15) is 23.6 Å². The molecule has 1 aromatic heterocycles. The maximum Gasteiger partial charge on any atom is 0.404 e. The van der Waals surface area contributed by atoms with Crippen LogP contribution in [0.15, 0.2) is 18.3 Å². The van der Waals surface area contributed by atoms with Crippen LogP contribution in [0.2, 0.25) is 0 Å². The number of alkyl halides is 2. The van der Waals surface area contributed by atoms with Crippen LogP contribution in [0.5, 0.6) is 0 Å². The molecular weight excluding hydrogens is 256 g/mol. The number of nitrogens with one attached hydrogen (secondary N) is 2. The largest absolute Gasteiger partial charge is 0.465 e. The van der Waals surface area contributed by atoms with E-state index in [0.29, 0.717) is 17.8 Å². The molecule has 1 amide bonds. The van der Waals surface area contributed by atoms with Crippen LogP contribution in [0, 0.1) is 0 Å². The Bertz CT molecular complexity index is 468.